The van der Waals surface area contributed by atoms with Crippen LogP contribution in [0.4, 0.5) is 15.8 Å². The molecule has 2 aromatic rings. The summed E-state index contributed by atoms with van der Waals surface area (Å²) in [6.45, 7) is -0.603. The monoisotopic (exact) mass is 459 g/mol. The summed E-state index contributed by atoms with van der Waals surface area (Å²) in [5.41, 5.74) is 0.739. The van der Waals surface area contributed by atoms with Gasteiger partial charge in [0.25, 0.3) is 11.6 Å². The Morgan fingerprint density at radius 3 is 2.75 bits per heavy atom. The number of rotatable bonds is 6. The zero-order valence-electron chi connectivity index (χ0n) is 16.7. The van der Waals surface area contributed by atoms with Gasteiger partial charge in [0.2, 0.25) is 5.91 Å². The van der Waals surface area contributed by atoms with Crippen LogP contribution in [-0.4, -0.2) is 46.0 Å². The van der Waals surface area contributed by atoms with Gasteiger partial charge in [-0.3, -0.25) is 19.7 Å². The van der Waals surface area contributed by atoms with Crippen LogP contribution in [0.2, 0.25) is 0 Å². The first-order valence-corrected chi connectivity index (χ1v) is 10.7. The van der Waals surface area contributed by atoms with Crippen LogP contribution >= 0.6 is 11.8 Å². The zero-order chi connectivity index (χ0) is 22.9. The molecule has 2 fully saturated rings. The highest BCUT2D eigenvalue weighted by molar-refractivity contribution is 8.00. The highest BCUT2D eigenvalue weighted by Crippen LogP contribution is 2.54. The van der Waals surface area contributed by atoms with E-state index in [2.05, 4.69) is 5.32 Å². The number of carbonyl (C=O) groups is 3. The molecule has 166 valence electrons. The maximum Gasteiger partial charge on any atom is 0.330 e. The average molecular weight is 459 g/mol. The summed E-state index contributed by atoms with van der Waals surface area (Å²) in [7, 11) is 0. The molecule has 11 heteroatoms. The Hall–Kier alpha value is -3.47. The minimum Gasteiger partial charge on any atom is -0.454 e. The molecular weight excluding hydrogens is 441 g/mol. The second-order valence-electron chi connectivity index (χ2n) is 7.35. The number of ether oxygens (including phenoxy) is 1. The van der Waals surface area contributed by atoms with Crippen molar-refractivity contribution in [2.75, 3.05) is 17.7 Å². The van der Waals surface area contributed by atoms with Crippen molar-refractivity contribution in [3.05, 3.63) is 70.0 Å². The molecule has 2 aliphatic rings. The standard InChI is InChI=1S/C21H18FN3O6S/c22-14-6-4-13(5-7-14)21-9-8-19(27)24(21)17(12-32-21)20(28)31-11-18(26)23-15-2-1-3-16(10-15)25(29)30/h1-7,10,17H,8-9,11-12H2,(H,23,26)/t17-,21+/m1/s1. The third-order valence-corrected chi connectivity index (χ3v) is 6.98. The predicted molar refractivity (Wildman–Crippen MR) is 113 cm³/mol. The number of nitro benzene ring substituents is 1. The Morgan fingerprint density at radius 2 is 2.03 bits per heavy atom. The normalized spacial score (nSPS) is 21.8. The van der Waals surface area contributed by atoms with Crippen LogP contribution in [0.25, 0.3) is 0 Å². The van der Waals surface area contributed by atoms with E-state index < -0.39 is 40.1 Å². The third kappa shape index (κ3) is 4.03. The van der Waals surface area contributed by atoms with Crippen LogP contribution in [0, 0.1) is 15.9 Å². The molecule has 0 aliphatic carbocycles. The third-order valence-electron chi connectivity index (χ3n) is 5.38. The molecule has 2 heterocycles. The van der Waals surface area contributed by atoms with Crippen LogP contribution in [0.5, 0.6) is 0 Å². The summed E-state index contributed by atoms with van der Waals surface area (Å²) in [5.74, 6) is -1.70. The largest absolute Gasteiger partial charge is 0.454 e. The lowest BCUT2D eigenvalue weighted by atomic mass is 10.0. The van der Waals surface area contributed by atoms with Crippen molar-refractivity contribution in [1.82, 2.24) is 4.90 Å². The quantitative estimate of drug-likeness (QED) is 0.401. The predicted octanol–water partition coefficient (Wildman–Crippen LogP) is 2.81. The van der Waals surface area contributed by atoms with E-state index in [4.69, 9.17) is 4.74 Å². The molecule has 0 radical (unpaired) electrons. The molecule has 2 amide bonds. The summed E-state index contributed by atoms with van der Waals surface area (Å²) in [6, 6.07) is 10.3. The van der Waals surface area contributed by atoms with Crippen molar-refractivity contribution in [2.24, 2.45) is 0 Å². The number of thioether (sulfide) groups is 1. The fourth-order valence-electron chi connectivity index (χ4n) is 3.95. The van der Waals surface area contributed by atoms with Gasteiger partial charge in [0, 0.05) is 30.0 Å². The molecule has 0 saturated carbocycles. The first kappa shape index (κ1) is 21.8. The maximum absolute atomic E-state index is 13.4. The van der Waals surface area contributed by atoms with Gasteiger partial charge in [-0.2, -0.15) is 0 Å². The number of nitrogens with zero attached hydrogens (tertiary/aromatic N) is 2. The maximum atomic E-state index is 13.4. The fourth-order valence-corrected chi connectivity index (χ4v) is 5.59. The highest BCUT2D eigenvalue weighted by Gasteiger charge is 2.57. The van der Waals surface area contributed by atoms with E-state index in [0.29, 0.717) is 6.42 Å². The van der Waals surface area contributed by atoms with Gasteiger partial charge in [-0.1, -0.05) is 18.2 Å². The second kappa shape index (κ2) is 8.58. The van der Waals surface area contributed by atoms with Crippen LogP contribution in [0.15, 0.2) is 48.5 Å². The van der Waals surface area contributed by atoms with Crippen molar-refractivity contribution >= 4 is 40.9 Å². The number of amides is 2. The van der Waals surface area contributed by atoms with Crippen molar-refractivity contribution in [2.45, 2.75) is 23.8 Å². The Labute approximate surface area is 186 Å². The number of nitro groups is 1. The second-order valence-corrected chi connectivity index (χ2v) is 8.64. The summed E-state index contributed by atoms with van der Waals surface area (Å²) in [6.07, 6.45) is 0.737. The van der Waals surface area contributed by atoms with Gasteiger partial charge in [-0.05, 0) is 30.2 Å². The lowest BCUT2D eigenvalue weighted by molar-refractivity contribution is -0.384. The van der Waals surface area contributed by atoms with Crippen molar-refractivity contribution in [1.29, 1.82) is 0 Å². The molecule has 2 saturated heterocycles. The Balaban J connectivity index is 1.41. The molecule has 2 aliphatic heterocycles. The first-order valence-electron chi connectivity index (χ1n) is 9.73. The van der Waals surface area contributed by atoms with Crippen molar-refractivity contribution in [3.8, 4) is 0 Å². The fraction of sp³-hybridized carbons (Fsp3) is 0.286. The number of fused-ring (bicyclic) bond motifs is 1. The van der Waals surface area contributed by atoms with Crippen molar-refractivity contribution in [3.63, 3.8) is 0 Å². The number of carbonyl (C=O) groups excluding carboxylic acids is 3. The Kier molecular flexibility index (Phi) is 5.83. The minimum absolute atomic E-state index is 0.188. The summed E-state index contributed by atoms with van der Waals surface area (Å²) >= 11 is 1.42. The van der Waals surface area contributed by atoms with Gasteiger partial charge in [0.05, 0.1) is 4.92 Å². The number of anilines is 1. The molecule has 0 bridgehead atoms. The Bertz CT molecular complexity index is 1100. The lowest BCUT2D eigenvalue weighted by Crippen LogP contribution is -2.47. The molecule has 1 N–H and O–H groups in total. The smallest absolute Gasteiger partial charge is 0.330 e. The van der Waals surface area contributed by atoms with Gasteiger partial charge >= 0.3 is 5.97 Å². The average Bonchev–Trinajstić information content (AvgIpc) is 3.32. The number of hydrogen-bond acceptors (Lipinski definition) is 7. The number of non-ortho nitro benzene ring substituents is 1. The molecule has 4 rings (SSSR count). The SMILES string of the molecule is O=C(COC(=O)[C@H]1CS[C@]2(c3ccc(F)cc3)CCC(=O)N12)Nc1cccc([N+](=O)[O-])c1. The van der Waals surface area contributed by atoms with Crippen LogP contribution < -0.4 is 5.32 Å². The molecule has 2 aromatic carbocycles. The van der Waals surface area contributed by atoms with Gasteiger partial charge in [-0.25, -0.2) is 9.18 Å². The van der Waals surface area contributed by atoms with Gasteiger partial charge < -0.3 is 15.0 Å². The van der Waals surface area contributed by atoms with Crippen LogP contribution in [0.3, 0.4) is 0 Å². The molecule has 32 heavy (non-hydrogen) atoms. The number of benzene rings is 2. The van der Waals surface area contributed by atoms with Gasteiger partial charge in [0.15, 0.2) is 6.61 Å². The summed E-state index contributed by atoms with van der Waals surface area (Å²) in [5, 5.41) is 13.3. The first-order chi connectivity index (χ1) is 15.3. The highest BCUT2D eigenvalue weighted by atomic mass is 32.2. The van der Waals surface area contributed by atoms with E-state index in [9.17, 15) is 28.9 Å². The van der Waals surface area contributed by atoms with E-state index >= 15 is 0 Å². The Morgan fingerprint density at radius 1 is 1.28 bits per heavy atom. The number of nitrogens with one attached hydrogen (secondary N) is 1. The van der Waals surface area contributed by atoms with E-state index in [0.717, 1.165) is 5.56 Å². The zero-order valence-corrected chi connectivity index (χ0v) is 17.5. The number of halogens is 1. The summed E-state index contributed by atoms with van der Waals surface area (Å²) < 4.78 is 18.5. The van der Waals surface area contributed by atoms with Crippen LogP contribution in [0.1, 0.15) is 18.4 Å². The van der Waals surface area contributed by atoms with Gasteiger partial charge in [0.1, 0.15) is 16.7 Å². The van der Waals surface area contributed by atoms with Crippen LogP contribution in [-0.2, 0) is 24.0 Å². The van der Waals surface area contributed by atoms with Crippen molar-refractivity contribution < 1.29 is 28.4 Å². The molecule has 0 aromatic heterocycles. The topological polar surface area (TPSA) is 119 Å². The number of esters is 1. The number of hydrogen-bond donors (Lipinski definition) is 1. The molecule has 9 nitrogen and oxygen atoms in total. The summed E-state index contributed by atoms with van der Waals surface area (Å²) in [4.78, 5) is 48.4. The van der Waals surface area contributed by atoms with E-state index in [1.807, 2.05) is 0 Å². The lowest BCUT2D eigenvalue weighted by Gasteiger charge is -2.33. The molecule has 0 unspecified atom stereocenters. The van der Waals surface area contributed by atoms with E-state index in [1.54, 1.807) is 12.1 Å². The van der Waals surface area contributed by atoms with E-state index in [-0.39, 0.29) is 29.5 Å². The van der Waals surface area contributed by atoms with E-state index in [1.165, 1.54) is 53.1 Å². The molecular formula is C21H18FN3O6S. The van der Waals surface area contributed by atoms with Gasteiger partial charge in [-0.15, -0.1) is 11.8 Å². The molecule has 2 atom stereocenters. The molecule has 0 spiro atoms. The minimum atomic E-state index is -0.870.